The van der Waals surface area contributed by atoms with E-state index in [-0.39, 0.29) is 0 Å². The molecule has 0 radical (unpaired) electrons. The number of aromatic nitrogens is 4. The second-order valence-corrected chi connectivity index (χ2v) is 8.47. The third kappa shape index (κ3) is 3.61. The molecule has 1 aromatic carbocycles. The molecule has 5 rings (SSSR count). The zero-order chi connectivity index (χ0) is 19.8. The molecule has 0 bridgehead atoms. The molecule has 0 unspecified atom stereocenters. The Bertz CT molecular complexity index is 1130. The van der Waals surface area contributed by atoms with Crippen LogP contribution in [-0.2, 0) is 6.54 Å². The normalized spacial score (nSPS) is 14.7. The van der Waals surface area contributed by atoms with Crippen molar-refractivity contribution in [3.63, 3.8) is 0 Å². The summed E-state index contributed by atoms with van der Waals surface area (Å²) in [4.78, 5) is 14.3. The smallest absolute Gasteiger partial charge is 0.247 e. The standard InChI is InChI=1S/C21H21N5O2S/c1-13-14(2)29-21-18(13)20(23-17(24-21)11-26-9-3-4-10-26)28-16-7-5-15(6-8-16)19-25-22-12-27-19/h5-8,12H,3-4,9-11H2,1-2H3. The topological polar surface area (TPSA) is 77.2 Å². The molecular formula is C21H21N5O2S. The van der Waals surface area contributed by atoms with Crippen LogP contribution in [0.2, 0.25) is 0 Å². The molecule has 1 saturated heterocycles. The fraction of sp³-hybridized carbons (Fsp3) is 0.333. The highest BCUT2D eigenvalue weighted by atomic mass is 32.1. The Morgan fingerprint density at radius 2 is 1.90 bits per heavy atom. The molecule has 1 aliphatic rings. The van der Waals surface area contributed by atoms with Gasteiger partial charge >= 0.3 is 0 Å². The number of rotatable bonds is 5. The minimum atomic E-state index is 0.484. The number of ether oxygens (including phenoxy) is 1. The zero-order valence-electron chi connectivity index (χ0n) is 16.4. The van der Waals surface area contributed by atoms with E-state index < -0.39 is 0 Å². The highest BCUT2D eigenvalue weighted by Gasteiger charge is 2.19. The molecule has 0 spiro atoms. The van der Waals surface area contributed by atoms with Crippen LogP contribution in [0.4, 0.5) is 0 Å². The minimum Gasteiger partial charge on any atom is -0.438 e. The summed E-state index contributed by atoms with van der Waals surface area (Å²) in [7, 11) is 0. The minimum absolute atomic E-state index is 0.484. The maximum absolute atomic E-state index is 6.23. The molecule has 4 heterocycles. The van der Waals surface area contributed by atoms with Gasteiger partial charge in [0.2, 0.25) is 18.2 Å². The number of benzene rings is 1. The first kappa shape index (κ1) is 18.2. The van der Waals surface area contributed by atoms with E-state index in [1.165, 1.54) is 29.7 Å². The number of likely N-dealkylation sites (tertiary alicyclic amines) is 1. The van der Waals surface area contributed by atoms with Crippen LogP contribution in [0.3, 0.4) is 0 Å². The lowest BCUT2D eigenvalue weighted by atomic mass is 10.2. The van der Waals surface area contributed by atoms with E-state index >= 15 is 0 Å². The van der Waals surface area contributed by atoms with Gasteiger partial charge in [0, 0.05) is 10.4 Å². The predicted octanol–water partition coefficient (Wildman–Crippen LogP) is 4.75. The van der Waals surface area contributed by atoms with Gasteiger partial charge < -0.3 is 9.15 Å². The van der Waals surface area contributed by atoms with Gasteiger partial charge in [-0.3, -0.25) is 4.90 Å². The molecule has 0 atom stereocenters. The van der Waals surface area contributed by atoms with Crippen molar-refractivity contribution in [1.82, 2.24) is 25.1 Å². The first-order chi connectivity index (χ1) is 14.2. The van der Waals surface area contributed by atoms with Crippen molar-refractivity contribution in [1.29, 1.82) is 0 Å². The van der Waals surface area contributed by atoms with Crippen molar-refractivity contribution in [3.05, 3.63) is 46.9 Å². The number of thiophene rings is 1. The molecule has 0 N–H and O–H groups in total. The molecule has 148 valence electrons. The first-order valence-electron chi connectivity index (χ1n) is 9.71. The van der Waals surface area contributed by atoms with Crippen LogP contribution in [0, 0.1) is 13.8 Å². The molecule has 0 aliphatic carbocycles. The maximum atomic E-state index is 6.23. The summed E-state index contributed by atoms with van der Waals surface area (Å²) in [6, 6.07) is 7.58. The van der Waals surface area contributed by atoms with E-state index in [0.717, 1.165) is 41.2 Å². The van der Waals surface area contributed by atoms with Crippen LogP contribution < -0.4 is 4.74 Å². The van der Waals surface area contributed by atoms with Crippen molar-refractivity contribution < 1.29 is 9.15 Å². The molecule has 4 aromatic rings. The second-order valence-electron chi connectivity index (χ2n) is 7.26. The van der Waals surface area contributed by atoms with Gasteiger partial charge in [-0.15, -0.1) is 21.5 Å². The fourth-order valence-corrected chi connectivity index (χ4v) is 4.65. The Balaban J connectivity index is 1.48. The fourth-order valence-electron chi connectivity index (χ4n) is 3.62. The molecule has 1 aliphatic heterocycles. The average molecular weight is 407 g/mol. The summed E-state index contributed by atoms with van der Waals surface area (Å²) in [5, 5.41) is 8.65. The average Bonchev–Trinajstić information content (AvgIpc) is 3.46. The summed E-state index contributed by atoms with van der Waals surface area (Å²) >= 11 is 1.70. The summed E-state index contributed by atoms with van der Waals surface area (Å²) in [5.74, 6) is 2.64. The van der Waals surface area contributed by atoms with Crippen LogP contribution in [0.5, 0.6) is 11.6 Å². The summed E-state index contributed by atoms with van der Waals surface area (Å²) in [6.45, 7) is 7.20. The van der Waals surface area contributed by atoms with Gasteiger partial charge in [-0.1, -0.05) is 0 Å². The third-order valence-electron chi connectivity index (χ3n) is 5.28. The van der Waals surface area contributed by atoms with E-state index in [1.54, 1.807) is 11.3 Å². The highest BCUT2D eigenvalue weighted by molar-refractivity contribution is 7.18. The zero-order valence-corrected chi connectivity index (χ0v) is 17.2. The van der Waals surface area contributed by atoms with Gasteiger partial charge in [-0.05, 0) is 69.6 Å². The lowest BCUT2D eigenvalue weighted by Gasteiger charge is -2.14. The number of hydrogen-bond donors (Lipinski definition) is 0. The maximum Gasteiger partial charge on any atom is 0.247 e. The summed E-state index contributed by atoms with van der Waals surface area (Å²) < 4.78 is 11.5. The predicted molar refractivity (Wildman–Crippen MR) is 111 cm³/mol. The van der Waals surface area contributed by atoms with Gasteiger partial charge in [0.25, 0.3) is 0 Å². The summed E-state index contributed by atoms with van der Waals surface area (Å²) in [6.07, 6.45) is 3.81. The number of aryl methyl sites for hydroxylation is 2. The van der Waals surface area contributed by atoms with Crippen LogP contribution in [0.25, 0.3) is 21.7 Å². The molecule has 1 fully saturated rings. The third-order valence-corrected chi connectivity index (χ3v) is 6.38. The number of fused-ring (bicyclic) bond motifs is 1. The van der Waals surface area contributed by atoms with E-state index in [1.807, 2.05) is 24.3 Å². The SMILES string of the molecule is Cc1sc2nc(CN3CCCC3)nc(Oc3ccc(-c4nnco4)cc3)c2c1C. The first-order valence-corrected chi connectivity index (χ1v) is 10.5. The van der Waals surface area contributed by atoms with Crippen LogP contribution in [0.15, 0.2) is 35.1 Å². The van der Waals surface area contributed by atoms with Gasteiger partial charge in [0.1, 0.15) is 16.4 Å². The largest absolute Gasteiger partial charge is 0.438 e. The van der Waals surface area contributed by atoms with Crippen molar-refractivity contribution in [2.45, 2.75) is 33.2 Å². The Labute approximate surface area is 172 Å². The van der Waals surface area contributed by atoms with E-state index in [9.17, 15) is 0 Å². The molecule has 0 saturated carbocycles. The molecule has 29 heavy (non-hydrogen) atoms. The quantitative estimate of drug-likeness (QED) is 0.472. The monoisotopic (exact) mass is 407 g/mol. The molecule has 7 nitrogen and oxygen atoms in total. The van der Waals surface area contributed by atoms with Gasteiger partial charge in [-0.25, -0.2) is 4.98 Å². The molecule has 8 heteroatoms. The summed E-state index contributed by atoms with van der Waals surface area (Å²) in [5.41, 5.74) is 2.02. The van der Waals surface area contributed by atoms with Crippen molar-refractivity contribution in [3.8, 4) is 23.1 Å². The van der Waals surface area contributed by atoms with Crippen molar-refractivity contribution in [2.75, 3.05) is 13.1 Å². The van der Waals surface area contributed by atoms with E-state index in [4.69, 9.17) is 19.1 Å². The number of hydrogen-bond acceptors (Lipinski definition) is 8. The van der Waals surface area contributed by atoms with Crippen LogP contribution in [-0.4, -0.2) is 38.2 Å². The van der Waals surface area contributed by atoms with Gasteiger partial charge in [-0.2, -0.15) is 4.98 Å². The lowest BCUT2D eigenvalue weighted by Crippen LogP contribution is -2.20. The van der Waals surface area contributed by atoms with E-state index in [2.05, 4.69) is 28.9 Å². The Morgan fingerprint density at radius 3 is 2.62 bits per heavy atom. The number of nitrogens with zero attached hydrogens (tertiary/aromatic N) is 5. The Morgan fingerprint density at radius 1 is 1.10 bits per heavy atom. The van der Waals surface area contributed by atoms with Crippen molar-refractivity contribution >= 4 is 21.6 Å². The molecule has 0 amide bonds. The van der Waals surface area contributed by atoms with Gasteiger partial charge in [0.05, 0.1) is 11.9 Å². The Kier molecular flexibility index (Phi) is 4.73. The molecule has 3 aromatic heterocycles. The second kappa shape index (κ2) is 7.53. The van der Waals surface area contributed by atoms with Crippen molar-refractivity contribution in [2.24, 2.45) is 0 Å². The highest BCUT2D eigenvalue weighted by Crippen LogP contribution is 2.37. The molecular weight excluding hydrogens is 386 g/mol. The van der Waals surface area contributed by atoms with Crippen LogP contribution in [0.1, 0.15) is 29.1 Å². The van der Waals surface area contributed by atoms with Crippen LogP contribution >= 0.6 is 11.3 Å². The van der Waals surface area contributed by atoms with Gasteiger partial charge in [0.15, 0.2) is 0 Å². The van der Waals surface area contributed by atoms with E-state index in [0.29, 0.717) is 17.5 Å². The lowest BCUT2D eigenvalue weighted by molar-refractivity contribution is 0.321. The Hall–Kier alpha value is -2.84.